The fraction of sp³-hybridized carbons (Fsp3) is 0.500. The summed E-state index contributed by atoms with van der Waals surface area (Å²) in [5.41, 5.74) is 3.62. The number of rotatable bonds is 14. The number of methoxy groups -OCH3 is 2. The van der Waals surface area contributed by atoms with E-state index in [9.17, 15) is 28.4 Å². The van der Waals surface area contributed by atoms with Crippen LogP contribution >= 0.6 is 0 Å². The standard InChI is InChI=1S/C48H64FN7O7/c1-10-37(38-19-13-25-55(38)43(58)40(47(2,3)4)52-45(60)62-8)50-34-17-11-15-31(27-34)29-54(36-23-21-33(49)22-24-36)30-32-16-12-18-35(28-32)51-42(57)39-20-14-26-56(39)44(59)41(48(5,6)7)53-46(61)63-9/h11-12,15-18,21-24,27-28,38-41H,10,13-14,19-20,25-26,29-30H2,1-9H3,(H,51,57)(H,52,60)(H,53,61). The van der Waals surface area contributed by atoms with Gasteiger partial charge >= 0.3 is 12.2 Å². The zero-order valence-electron chi connectivity index (χ0n) is 38.1. The molecule has 0 bridgehead atoms. The Labute approximate surface area is 371 Å². The first-order valence-electron chi connectivity index (χ1n) is 21.7. The van der Waals surface area contributed by atoms with Gasteiger partial charge in [0, 0.05) is 43.3 Å². The molecule has 4 atom stereocenters. The number of anilines is 2. The van der Waals surface area contributed by atoms with Gasteiger partial charge in [-0.05, 0) is 103 Å². The first-order chi connectivity index (χ1) is 29.8. The summed E-state index contributed by atoms with van der Waals surface area (Å²) in [5, 5.41) is 8.42. The van der Waals surface area contributed by atoms with Gasteiger partial charge in [0.25, 0.3) is 0 Å². The van der Waals surface area contributed by atoms with E-state index in [2.05, 4.69) is 20.9 Å². The van der Waals surface area contributed by atoms with E-state index >= 15 is 0 Å². The summed E-state index contributed by atoms with van der Waals surface area (Å²) in [5.74, 6) is -1.18. The molecule has 0 spiro atoms. The Balaban J connectivity index is 1.34. The average molecular weight is 870 g/mol. The maximum atomic E-state index is 14.2. The fourth-order valence-electron chi connectivity index (χ4n) is 8.25. The number of carbonyl (C=O) groups is 5. The molecule has 0 aromatic heterocycles. The number of carbonyl (C=O) groups excluding carboxylic acids is 5. The summed E-state index contributed by atoms with van der Waals surface area (Å²) < 4.78 is 23.8. The Kier molecular flexibility index (Phi) is 16.0. The molecular weight excluding hydrogens is 806 g/mol. The van der Waals surface area contributed by atoms with Gasteiger partial charge in [-0.15, -0.1) is 0 Å². The predicted molar refractivity (Wildman–Crippen MR) is 242 cm³/mol. The van der Waals surface area contributed by atoms with Crippen LogP contribution in [0.5, 0.6) is 0 Å². The molecule has 340 valence electrons. The van der Waals surface area contributed by atoms with Crippen molar-refractivity contribution in [2.45, 2.75) is 118 Å². The molecule has 0 saturated carbocycles. The highest BCUT2D eigenvalue weighted by atomic mass is 19.1. The minimum atomic E-state index is -0.890. The van der Waals surface area contributed by atoms with Gasteiger partial charge in [0.05, 0.1) is 25.9 Å². The number of nitrogens with zero attached hydrogens (tertiary/aromatic N) is 4. The van der Waals surface area contributed by atoms with Gasteiger partial charge in [-0.25, -0.2) is 14.0 Å². The molecule has 3 aromatic carbocycles. The molecule has 0 radical (unpaired) electrons. The Morgan fingerprint density at radius 1 is 0.746 bits per heavy atom. The van der Waals surface area contributed by atoms with E-state index < -0.39 is 41.1 Å². The second-order valence-corrected chi connectivity index (χ2v) is 18.4. The fourth-order valence-corrected chi connectivity index (χ4v) is 8.25. The predicted octanol–water partition coefficient (Wildman–Crippen LogP) is 7.98. The van der Waals surface area contributed by atoms with Crippen LogP contribution in [0, 0.1) is 16.6 Å². The number of amides is 5. The topological polar surface area (TPSA) is 162 Å². The molecule has 5 rings (SSSR count). The van der Waals surface area contributed by atoms with Crippen molar-refractivity contribution in [3.8, 4) is 0 Å². The second kappa shape index (κ2) is 20.9. The molecule has 0 aliphatic carbocycles. The molecule has 2 heterocycles. The molecular formula is C48H64FN7O7. The summed E-state index contributed by atoms with van der Waals surface area (Å²) in [6.45, 7) is 15.1. The molecule has 14 nitrogen and oxygen atoms in total. The zero-order valence-corrected chi connectivity index (χ0v) is 38.1. The van der Waals surface area contributed by atoms with Gasteiger partial charge in [0.15, 0.2) is 0 Å². The third-order valence-electron chi connectivity index (χ3n) is 11.6. The van der Waals surface area contributed by atoms with E-state index in [1.807, 2.05) is 95.8 Å². The van der Waals surface area contributed by atoms with Gasteiger partial charge in [-0.2, -0.15) is 0 Å². The van der Waals surface area contributed by atoms with E-state index in [-0.39, 0.29) is 29.6 Å². The lowest BCUT2D eigenvalue weighted by atomic mass is 9.85. The first kappa shape index (κ1) is 48.0. The smallest absolute Gasteiger partial charge is 0.407 e. The number of aliphatic imine (C=N–C) groups is 1. The van der Waals surface area contributed by atoms with Crippen LogP contribution in [0.1, 0.15) is 91.7 Å². The van der Waals surface area contributed by atoms with Crippen molar-refractivity contribution in [1.29, 1.82) is 0 Å². The number of hydrogen-bond donors (Lipinski definition) is 3. The maximum absolute atomic E-state index is 14.2. The highest BCUT2D eigenvalue weighted by Gasteiger charge is 2.43. The molecule has 3 aromatic rings. The first-order valence-corrected chi connectivity index (χ1v) is 21.7. The van der Waals surface area contributed by atoms with Crippen LogP contribution in [0.25, 0.3) is 0 Å². The summed E-state index contributed by atoms with van der Waals surface area (Å²) in [7, 11) is 2.52. The van der Waals surface area contributed by atoms with E-state index in [1.165, 1.54) is 26.4 Å². The van der Waals surface area contributed by atoms with Crippen molar-refractivity contribution in [2.24, 2.45) is 15.8 Å². The molecule has 2 aliphatic rings. The molecule has 2 saturated heterocycles. The third-order valence-corrected chi connectivity index (χ3v) is 11.6. The van der Waals surface area contributed by atoms with Crippen molar-refractivity contribution in [3.05, 3.63) is 89.7 Å². The summed E-state index contributed by atoms with van der Waals surface area (Å²) in [6, 6.07) is 19.1. The lowest BCUT2D eigenvalue weighted by Crippen LogP contribution is -2.57. The van der Waals surface area contributed by atoms with E-state index in [0.717, 1.165) is 41.1 Å². The Morgan fingerprint density at radius 3 is 1.78 bits per heavy atom. The van der Waals surface area contributed by atoms with Crippen LogP contribution in [-0.4, -0.2) is 96.9 Å². The van der Waals surface area contributed by atoms with Crippen molar-refractivity contribution >= 4 is 52.7 Å². The van der Waals surface area contributed by atoms with Gasteiger partial charge in [0.2, 0.25) is 17.7 Å². The van der Waals surface area contributed by atoms with Crippen LogP contribution in [0.2, 0.25) is 0 Å². The number of benzene rings is 3. The summed E-state index contributed by atoms with van der Waals surface area (Å²) in [4.78, 5) is 76.5. The Morgan fingerprint density at radius 2 is 1.25 bits per heavy atom. The lowest BCUT2D eigenvalue weighted by Gasteiger charge is -2.35. The number of likely N-dealkylation sites (tertiary alicyclic amines) is 2. The van der Waals surface area contributed by atoms with Crippen molar-refractivity contribution in [1.82, 2.24) is 20.4 Å². The monoisotopic (exact) mass is 869 g/mol. The number of ether oxygens (including phenoxy) is 2. The average Bonchev–Trinajstić information content (AvgIpc) is 3.94. The largest absolute Gasteiger partial charge is 0.453 e. The van der Waals surface area contributed by atoms with E-state index in [4.69, 9.17) is 14.5 Å². The highest BCUT2D eigenvalue weighted by molar-refractivity contribution is 5.99. The molecule has 4 unspecified atom stereocenters. The summed E-state index contributed by atoms with van der Waals surface area (Å²) in [6.07, 6.45) is 1.95. The second-order valence-electron chi connectivity index (χ2n) is 18.4. The number of hydrogen-bond acceptors (Lipinski definition) is 9. The molecule has 3 N–H and O–H groups in total. The zero-order chi connectivity index (χ0) is 46.1. The molecule has 2 aliphatic heterocycles. The lowest BCUT2D eigenvalue weighted by molar-refractivity contribution is -0.140. The van der Waals surface area contributed by atoms with Crippen molar-refractivity contribution in [3.63, 3.8) is 0 Å². The summed E-state index contributed by atoms with van der Waals surface area (Å²) >= 11 is 0. The minimum absolute atomic E-state index is 0.168. The van der Waals surface area contributed by atoms with Crippen LogP contribution in [0.15, 0.2) is 77.8 Å². The maximum Gasteiger partial charge on any atom is 0.407 e. The normalized spacial score (nSPS) is 17.7. The molecule has 63 heavy (non-hydrogen) atoms. The minimum Gasteiger partial charge on any atom is -0.453 e. The highest BCUT2D eigenvalue weighted by Crippen LogP contribution is 2.30. The molecule has 5 amide bonds. The Hall–Kier alpha value is -5.99. The number of nitrogens with one attached hydrogen (secondary N) is 3. The van der Waals surface area contributed by atoms with Gasteiger partial charge < -0.3 is 40.1 Å². The molecule has 15 heteroatoms. The van der Waals surface area contributed by atoms with Crippen LogP contribution in [-0.2, 0) is 36.9 Å². The van der Waals surface area contributed by atoms with E-state index in [1.54, 1.807) is 23.1 Å². The van der Waals surface area contributed by atoms with Gasteiger partial charge in [0.1, 0.15) is 23.9 Å². The van der Waals surface area contributed by atoms with Crippen molar-refractivity contribution in [2.75, 3.05) is 37.5 Å². The molecule has 2 fully saturated rings. The third kappa shape index (κ3) is 12.6. The van der Waals surface area contributed by atoms with Gasteiger partial charge in [-0.3, -0.25) is 19.4 Å². The van der Waals surface area contributed by atoms with Crippen LogP contribution < -0.4 is 20.9 Å². The van der Waals surface area contributed by atoms with E-state index in [0.29, 0.717) is 51.1 Å². The van der Waals surface area contributed by atoms with Gasteiger partial charge in [-0.1, -0.05) is 72.7 Å². The Bertz CT molecular complexity index is 2130. The number of halogens is 1. The quantitative estimate of drug-likeness (QED) is 0.138. The SMILES string of the molecule is CCC(=Nc1cccc(CN(Cc2cccc(NC(=O)C3CCCN3C(=O)C(NC(=O)OC)C(C)(C)C)c2)c2ccc(F)cc2)c1)C1CCCN1C(=O)C(NC(=O)OC)C(C)(C)C. The number of alkyl carbamates (subject to hydrolysis) is 2. The van der Waals surface area contributed by atoms with Crippen LogP contribution in [0.3, 0.4) is 0 Å². The van der Waals surface area contributed by atoms with Crippen LogP contribution in [0.4, 0.5) is 31.0 Å². The van der Waals surface area contributed by atoms with Crippen molar-refractivity contribution < 1.29 is 37.8 Å².